The molecule has 0 atom stereocenters. The molecule has 0 fully saturated rings. The van der Waals surface area contributed by atoms with Crippen LogP contribution in [0.4, 0.5) is 11.5 Å². The van der Waals surface area contributed by atoms with Crippen molar-refractivity contribution in [1.82, 2.24) is 4.98 Å². The van der Waals surface area contributed by atoms with Crippen molar-refractivity contribution in [3.05, 3.63) is 27.9 Å². The van der Waals surface area contributed by atoms with Gasteiger partial charge >= 0.3 is 0 Å². The molecule has 0 saturated carbocycles. The van der Waals surface area contributed by atoms with E-state index in [1.807, 2.05) is 0 Å². The molecule has 0 spiro atoms. The predicted octanol–water partition coefficient (Wildman–Crippen LogP) is 3.15. The fourth-order valence-corrected chi connectivity index (χ4v) is 1.57. The Morgan fingerprint density at radius 1 is 1.47 bits per heavy atom. The molecule has 0 saturated heterocycles. The highest BCUT2D eigenvalue weighted by Crippen LogP contribution is 2.17. The molecule has 94 valence electrons. The average Bonchev–Trinajstić information content (AvgIpc) is 2.23. The van der Waals surface area contributed by atoms with Crippen LogP contribution >= 0.6 is 0 Å². The number of nitrogens with zero attached hydrogens (tertiary/aromatic N) is 2. The molecule has 0 bridgehead atoms. The average molecular weight is 237 g/mol. The molecule has 1 heterocycles. The Bertz CT molecular complexity index is 391. The summed E-state index contributed by atoms with van der Waals surface area (Å²) in [5.74, 6) is 1.40. The van der Waals surface area contributed by atoms with Gasteiger partial charge in [-0.15, -0.1) is 0 Å². The summed E-state index contributed by atoms with van der Waals surface area (Å²) >= 11 is 0. The van der Waals surface area contributed by atoms with Crippen molar-refractivity contribution in [1.29, 1.82) is 0 Å². The molecule has 5 nitrogen and oxygen atoms in total. The van der Waals surface area contributed by atoms with E-state index in [4.69, 9.17) is 0 Å². The fraction of sp³-hybridized carbons (Fsp3) is 0.583. The van der Waals surface area contributed by atoms with E-state index in [0.29, 0.717) is 17.4 Å². The van der Waals surface area contributed by atoms with E-state index in [2.05, 4.69) is 24.1 Å². The van der Waals surface area contributed by atoms with Gasteiger partial charge in [0.15, 0.2) is 0 Å². The van der Waals surface area contributed by atoms with Crippen LogP contribution in [0.1, 0.15) is 32.4 Å². The SMILES string of the molecule is Cc1nc(NCCCC(C)C)ccc1[N+](=O)[O-]. The second kappa shape index (κ2) is 6.18. The van der Waals surface area contributed by atoms with E-state index < -0.39 is 4.92 Å². The molecule has 0 radical (unpaired) electrons. The van der Waals surface area contributed by atoms with Gasteiger partial charge in [-0.05, 0) is 31.7 Å². The zero-order valence-corrected chi connectivity index (χ0v) is 10.6. The van der Waals surface area contributed by atoms with Crippen molar-refractivity contribution >= 4 is 11.5 Å². The Balaban J connectivity index is 2.50. The highest BCUT2D eigenvalue weighted by atomic mass is 16.6. The molecule has 0 aliphatic rings. The zero-order chi connectivity index (χ0) is 12.8. The standard InChI is InChI=1S/C12H19N3O2/c1-9(2)5-4-8-13-12-7-6-11(15(16)17)10(3)14-12/h6-7,9H,4-5,8H2,1-3H3,(H,13,14). The van der Waals surface area contributed by atoms with Crippen LogP contribution in [0.5, 0.6) is 0 Å². The molecule has 1 N–H and O–H groups in total. The lowest BCUT2D eigenvalue weighted by atomic mass is 10.1. The topological polar surface area (TPSA) is 68.1 Å². The van der Waals surface area contributed by atoms with Crippen LogP contribution in [0, 0.1) is 23.0 Å². The zero-order valence-electron chi connectivity index (χ0n) is 10.6. The Morgan fingerprint density at radius 3 is 2.71 bits per heavy atom. The summed E-state index contributed by atoms with van der Waals surface area (Å²) in [5.41, 5.74) is 0.515. The third-order valence-electron chi connectivity index (χ3n) is 2.52. The minimum absolute atomic E-state index is 0.0673. The molecule has 5 heteroatoms. The number of aromatic nitrogens is 1. The minimum atomic E-state index is -0.412. The smallest absolute Gasteiger partial charge is 0.290 e. The number of aryl methyl sites for hydroxylation is 1. The Kier molecular flexibility index (Phi) is 4.87. The second-order valence-electron chi connectivity index (χ2n) is 4.52. The first-order valence-electron chi connectivity index (χ1n) is 5.86. The largest absolute Gasteiger partial charge is 0.370 e. The van der Waals surface area contributed by atoms with Gasteiger partial charge in [-0.2, -0.15) is 0 Å². The van der Waals surface area contributed by atoms with Gasteiger partial charge in [0.2, 0.25) is 0 Å². The summed E-state index contributed by atoms with van der Waals surface area (Å²) in [6, 6.07) is 3.15. The summed E-state index contributed by atoms with van der Waals surface area (Å²) in [5, 5.41) is 13.8. The van der Waals surface area contributed by atoms with Crippen molar-refractivity contribution in [2.75, 3.05) is 11.9 Å². The van der Waals surface area contributed by atoms with Gasteiger partial charge < -0.3 is 5.32 Å². The van der Waals surface area contributed by atoms with Gasteiger partial charge in [0.25, 0.3) is 5.69 Å². The van der Waals surface area contributed by atoms with E-state index in [0.717, 1.165) is 13.0 Å². The van der Waals surface area contributed by atoms with Gasteiger partial charge in [-0.1, -0.05) is 13.8 Å². The first-order chi connectivity index (χ1) is 8.00. The number of hydrogen-bond donors (Lipinski definition) is 1. The second-order valence-corrected chi connectivity index (χ2v) is 4.52. The first kappa shape index (κ1) is 13.4. The molecule has 1 aromatic rings. The van der Waals surface area contributed by atoms with Crippen LogP contribution in [0.3, 0.4) is 0 Å². The minimum Gasteiger partial charge on any atom is -0.370 e. The van der Waals surface area contributed by atoms with Crippen LogP contribution in [0.15, 0.2) is 12.1 Å². The maximum atomic E-state index is 10.6. The summed E-state index contributed by atoms with van der Waals surface area (Å²) < 4.78 is 0. The van der Waals surface area contributed by atoms with E-state index in [-0.39, 0.29) is 5.69 Å². The lowest BCUT2D eigenvalue weighted by Crippen LogP contribution is -2.06. The molecule has 0 aliphatic heterocycles. The van der Waals surface area contributed by atoms with Crippen LogP contribution in [-0.4, -0.2) is 16.5 Å². The number of nitrogens with one attached hydrogen (secondary N) is 1. The Labute approximate surface area is 101 Å². The van der Waals surface area contributed by atoms with Crippen LogP contribution in [0.25, 0.3) is 0 Å². The fourth-order valence-electron chi connectivity index (χ4n) is 1.57. The van der Waals surface area contributed by atoms with Crippen LogP contribution in [0.2, 0.25) is 0 Å². The number of anilines is 1. The van der Waals surface area contributed by atoms with Crippen molar-refractivity contribution in [2.24, 2.45) is 5.92 Å². The Morgan fingerprint density at radius 2 is 2.18 bits per heavy atom. The monoisotopic (exact) mass is 237 g/mol. The summed E-state index contributed by atoms with van der Waals surface area (Å²) in [6.45, 7) is 6.88. The summed E-state index contributed by atoms with van der Waals surface area (Å²) in [6.07, 6.45) is 2.24. The van der Waals surface area contributed by atoms with Crippen molar-refractivity contribution in [3.63, 3.8) is 0 Å². The van der Waals surface area contributed by atoms with E-state index in [9.17, 15) is 10.1 Å². The lowest BCUT2D eigenvalue weighted by Gasteiger charge is -2.07. The van der Waals surface area contributed by atoms with Crippen molar-refractivity contribution < 1.29 is 4.92 Å². The van der Waals surface area contributed by atoms with E-state index in [1.54, 1.807) is 13.0 Å². The highest BCUT2D eigenvalue weighted by Gasteiger charge is 2.11. The summed E-state index contributed by atoms with van der Waals surface area (Å²) in [4.78, 5) is 14.4. The number of nitro groups is 1. The maximum absolute atomic E-state index is 10.6. The quantitative estimate of drug-likeness (QED) is 0.469. The van der Waals surface area contributed by atoms with Gasteiger partial charge in [-0.3, -0.25) is 10.1 Å². The summed E-state index contributed by atoms with van der Waals surface area (Å²) in [7, 11) is 0. The third-order valence-corrected chi connectivity index (χ3v) is 2.52. The molecule has 1 rings (SSSR count). The van der Waals surface area contributed by atoms with Gasteiger partial charge in [0.05, 0.1) is 4.92 Å². The van der Waals surface area contributed by atoms with Crippen molar-refractivity contribution in [2.45, 2.75) is 33.6 Å². The number of pyridine rings is 1. The van der Waals surface area contributed by atoms with E-state index in [1.165, 1.54) is 12.5 Å². The van der Waals surface area contributed by atoms with Gasteiger partial charge in [0, 0.05) is 12.6 Å². The molecular formula is C12H19N3O2. The molecule has 0 amide bonds. The van der Waals surface area contributed by atoms with Crippen LogP contribution in [-0.2, 0) is 0 Å². The number of hydrogen-bond acceptors (Lipinski definition) is 4. The predicted molar refractivity (Wildman–Crippen MR) is 68.2 cm³/mol. The highest BCUT2D eigenvalue weighted by molar-refractivity contribution is 5.44. The third kappa shape index (κ3) is 4.38. The van der Waals surface area contributed by atoms with E-state index >= 15 is 0 Å². The maximum Gasteiger partial charge on any atom is 0.290 e. The van der Waals surface area contributed by atoms with Crippen LogP contribution < -0.4 is 5.32 Å². The molecular weight excluding hydrogens is 218 g/mol. The molecule has 1 aromatic heterocycles. The van der Waals surface area contributed by atoms with Gasteiger partial charge in [-0.25, -0.2) is 4.98 Å². The molecule has 0 unspecified atom stereocenters. The van der Waals surface area contributed by atoms with Gasteiger partial charge in [0.1, 0.15) is 11.5 Å². The Hall–Kier alpha value is -1.65. The molecule has 17 heavy (non-hydrogen) atoms. The number of rotatable bonds is 6. The normalized spacial score (nSPS) is 10.6. The van der Waals surface area contributed by atoms with Crippen molar-refractivity contribution in [3.8, 4) is 0 Å². The first-order valence-corrected chi connectivity index (χ1v) is 5.86. The molecule has 0 aliphatic carbocycles. The molecule has 0 aromatic carbocycles. The lowest BCUT2D eigenvalue weighted by molar-refractivity contribution is -0.385.